The lowest BCUT2D eigenvalue weighted by molar-refractivity contribution is 0.567. The average molecular weight is 172 g/mol. The van der Waals surface area contributed by atoms with E-state index in [0.717, 1.165) is 0 Å². The largest absolute Gasteiger partial charge is 0.473 e. The quantitative estimate of drug-likeness (QED) is 0.640. The second-order valence-corrected chi connectivity index (χ2v) is 2.41. The number of hydrogen-bond acceptors (Lipinski definition) is 1. The highest BCUT2D eigenvalue weighted by molar-refractivity contribution is 5.45. The standard InChI is InChI=1S/C8H8.C4H4O/c1-2-8-6-4-3-5-7-8;1-2-4-5-3-1/h2-7H,1H2;1-4H. The van der Waals surface area contributed by atoms with E-state index in [4.69, 9.17) is 0 Å². The molecule has 1 aromatic carbocycles. The fraction of sp³-hybridized carbons (Fsp3) is 0. The molecule has 1 aromatic heterocycles. The van der Waals surface area contributed by atoms with Gasteiger partial charge in [0.15, 0.2) is 0 Å². The van der Waals surface area contributed by atoms with Gasteiger partial charge >= 0.3 is 0 Å². The molecule has 1 heteroatoms. The van der Waals surface area contributed by atoms with Gasteiger partial charge in [-0.1, -0.05) is 43.0 Å². The second-order valence-electron chi connectivity index (χ2n) is 2.41. The molecule has 0 saturated carbocycles. The van der Waals surface area contributed by atoms with Crippen molar-refractivity contribution < 1.29 is 4.42 Å². The van der Waals surface area contributed by atoms with Crippen molar-refractivity contribution in [1.29, 1.82) is 0 Å². The van der Waals surface area contributed by atoms with Crippen LogP contribution in [-0.4, -0.2) is 0 Å². The fourth-order valence-corrected chi connectivity index (χ4v) is 0.816. The Kier molecular flexibility index (Phi) is 4.19. The Labute approximate surface area is 78.3 Å². The second kappa shape index (κ2) is 5.84. The predicted octanol–water partition coefficient (Wildman–Crippen LogP) is 3.61. The van der Waals surface area contributed by atoms with E-state index in [0.29, 0.717) is 0 Å². The van der Waals surface area contributed by atoms with Crippen molar-refractivity contribution in [3.63, 3.8) is 0 Å². The first-order valence-electron chi connectivity index (χ1n) is 4.08. The molecule has 13 heavy (non-hydrogen) atoms. The summed E-state index contributed by atoms with van der Waals surface area (Å²) in [7, 11) is 0. The zero-order valence-electron chi connectivity index (χ0n) is 7.39. The number of rotatable bonds is 1. The molecule has 0 aliphatic heterocycles. The first-order chi connectivity index (χ1) is 6.43. The lowest BCUT2D eigenvalue weighted by Gasteiger charge is -1.85. The average Bonchev–Trinajstić information content (AvgIpc) is 2.77. The molecule has 1 heterocycles. The Morgan fingerprint density at radius 3 is 1.85 bits per heavy atom. The van der Waals surface area contributed by atoms with Crippen LogP contribution >= 0.6 is 0 Å². The predicted molar refractivity (Wildman–Crippen MR) is 55.2 cm³/mol. The molecule has 0 aliphatic carbocycles. The maximum absolute atomic E-state index is 4.58. The van der Waals surface area contributed by atoms with E-state index in [2.05, 4.69) is 11.0 Å². The first-order valence-corrected chi connectivity index (χ1v) is 4.08. The molecule has 0 spiro atoms. The van der Waals surface area contributed by atoms with Crippen molar-refractivity contribution >= 4 is 6.08 Å². The van der Waals surface area contributed by atoms with E-state index in [1.807, 2.05) is 48.5 Å². The fourth-order valence-electron chi connectivity index (χ4n) is 0.816. The van der Waals surface area contributed by atoms with E-state index in [9.17, 15) is 0 Å². The highest BCUT2D eigenvalue weighted by atomic mass is 16.3. The van der Waals surface area contributed by atoms with Crippen LogP contribution in [0.5, 0.6) is 0 Å². The molecule has 0 N–H and O–H groups in total. The Bertz CT molecular complexity index is 291. The summed E-state index contributed by atoms with van der Waals surface area (Å²) >= 11 is 0. The van der Waals surface area contributed by atoms with Crippen LogP contribution in [-0.2, 0) is 0 Å². The van der Waals surface area contributed by atoms with Crippen molar-refractivity contribution in [1.82, 2.24) is 0 Å². The van der Waals surface area contributed by atoms with Crippen LogP contribution in [0.1, 0.15) is 5.56 Å². The minimum absolute atomic E-state index is 1.17. The highest BCUT2D eigenvalue weighted by Gasteiger charge is 1.75. The van der Waals surface area contributed by atoms with Gasteiger partial charge in [-0.15, -0.1) is 0 Å². The number of hydrogen-bond donors (Lipinski definition) is 0. The third kappa shape index (κ3) is 3.97. The van der Waals surface area contributed by atoms with E-state index in [-0.39, 0.29) is 0 Å². The summed E-state index contributed by atoms with van der Waals surface area (Å²) in [5.41, 5.74) is 1.17. The topological polar surface area (TPSA) is 13.1 Å². The van der Waals surface area contributed by atoms with Crippen LogP contribution < -0.4 is 0 Å². The molecule has 1 nitrogen and oxygen atoms in total. The molecule has 0 saturated heterocycles. The lowest BCUT2D eigenvalue weighted by atomic mass is 10.2. The Morgan fingerprint density at radius 2 is 1.54 bits per heavy atom. The van der Waals surface area contributed by atoms with Crippen molar-refractivity contribution in [3.8, 4) is 0 Å². The van der Waals surface area contributed by atoms with Crippen LogP contribution in [0, 0.1) is 0 Å². The van der Waals surface area contributed by atoms with E-state index >= 15 is 0 Å². The molecule has 0 fully saturated rings. The summed E-state index contributed by atoms with van der Waals surface area (Å²) in [5, 5.41) is 0. The highest BCUT2D eigenvalue weighted by Crippen LogP contribution is 1.97. The van der Waals surface area contributed by atoms with Crippen molar-refractivity contribution in [2.45, 2.75) is 0 Å². The van der Waals surface area contributed by atoms with Gasteiger partial charge in [-0.05, 0) is 17.7 Å². The summed E-state index contributed by atoms with van der Waals surface area (Å²) in [6.45, 7) is 3.63. The van der Waals surface area contributed by atoms with Crippen LogP contribution in [0.3, 0.4) is 0 Å². The molecular formula is C12H12O. The minimum atomic E-state index is 1.17. The molecule has 0 amide bonds. The van der Waals surface area contributed by atoms with Gasteiger partial charge in [0.05, 0.1) is 12.5 Å². The molecule has 66 valence electrons. The van der Waals surface area contributed by atoms with E-state index in [1.165, 1.54) is 5.56 Å². The molecule has 0 unspecified atom stereocenters. The molecule has 0 aliphatic rings. The summed E-state index contributed by atoms with van der Waals surface area (Å²) in [4.78, 5) is 0. The summed E-state index contributed by atoms with van der Waals surface area (Å²) < 4.78 is 4.58. The Morgan fingerprint density at radius 1 is 0.923 bits per heavy atom. The minimum Gasteiger partial charge on any atom is -0.473 e. The van der Waals surface area contributed by atoms with Gasteiger partial charge in [-0.3, -0.25) is 0 Å². The maximum atomic E-state index is 4.58. The summed E-state index contributed by atoms with van der Waals surface area (Å²) in [5.74, 6) is 0. The smallest absolute Gasteiger partial charge is 0.0902 e. The first kappa shape index (κ1) is 9.33. The van der Waals surface area contributed by atoms with E-state index in [1.54, 1.807) is 12.5 Å². The van der Waals surface area contributed by atoms with Gasteiger partial charge in [0.1, 0.15) is 0 Å². The lowest BCUT2D eigenvalue weighted by Crippen LogP contribution is -1.63. The third-order valence-electron chi connectivity index (χ3n) is 1.46. The summed E-state index contributed by atoms with van der Waals surface area (Å²) in [6.07, 6.45) is 5.08. The van der Waals surface area contributed by atoms with Gasteiger partial charge in [0.2, 0.25) is 0 Å². The molecular weight excluding hydrogens is 160 g/mol. The Balaban J connectivity index is 0.000000145. The van der Waals surface area contributed by atoms with E-state index < -0.39 is 0 Å². The number of benzene rings is 1. The van der Waals surface area contributed by atoms with Gasteiger partial charge in [0, 0.05) is 0 Å². The molecule has 0 radical (unpaired) electrons. The van der Waals surface area contributed by atoms with Crippen LogP contribution in [0.4, 0.5) is 0 Å². The number of furan rings is 1. The van der Waals surface area contributed by atoms with Gasteiger partial charge < -0.3 is 4.42 Å². The van der Waals surface area contributed by atoms with Crippen molar-refractivity contribution in [3.05, 3.63) is 67.1 Å². The van der Waals surface area contributed by atoms with Gasteiger partial charge in [0.25, 0.3) is 0 Å². The summed E-state index contributed by atoms with van der Waals surface area (Å²) in [6, 6.07) is 13.7. The molecule has 0 bridgehead atoms. The van der Waals surface area contributed by atoms with Crippen LogP contribution in [0.2, 0.25) is 0 Å². The zero-order valence-corrected chi connectivity index (χ0v) is 7.39. The SMILES string of the molecule is C=Cc1ccccc1.c1ccoc1. The zero-order chi connectivity index (χ0) is 9.36. The maximum Gasteiger partial charge on any atom is 0.0902 e. The third-order valence-corrected chi connectivity index (χ3v) is 1.46. The van der Waals surface area contributed by atoms with Gasteiger partial charge in [-0.25, -0.2) is 0 Å². The van der Waals surface area contributed by atoms with Crippen LogP contribution in [0.15, 0.2) is 66.0 Å². The molecule has 2 rings (SSSR count). The van der Waals surface area contributed by atoms with Crippen molar-refractivity contribution in [2.24, 2.45) is 0 Å². The molecule has 0 atom stereocenters. The van der Waals surface area contributed by atoms with Gasteiger partial charge in [-0.2, -0.15) is 0 Å². The monoisotopic (exact) mass is 172 g/mol. The normalized spacial score (nSPS) is 8.31. The van der Waals surface area contributed by atoms with Crippen molar-refractivity contribution in [2.75, 3.05) is 0 Å². The molecule has 2 aromatic rings. The Hall–Kier alpha value is -1.76. The van der Waals surface area contributed by atoms with Crippen LogP contribution in [0.25, 0.3) is 6.08 Å².